The van der Waals surface area contributed by atoms with Gasteiger partial charge >= 0.3 is 0 Å². The summed E-state index contributed by atoms with van der Waals surface area (Å²) >= 11 is 0. The van der Waals surface area contributed by atoms with E-state index in [9.17, 15) is 9.59 Å². The molecule has 0 heterocycles. The molecule has 0 spiro atoms. The zero-order valence-corrected chi connectivity index (χ0v) is 20.2. The van der Waals surface area contributed by atoms with Gasteiger partial charge in [0.2, 0.25) is 0 Å². The Hall–Kier alpha value is -3.64. The summed E-state index contributed by atoms with van der Waals surface area (Å²) in [5.41, 5.74) is 3.56. The Morgan fingerprint density at radius 2 is 1.35 bits per heavy atom. The molecular formula is C28H32N2O4. The maximum absolute atomic E-state index is 12.6. The maximum atomic E-state index is 12.6. The number of carbonyl (C=O) groups is 2. The van der Waals surface area contributed by atoms with E-state index in [1.54, 1.807) is 48.5 Å². The molecule has 178 valence electrons. The van der Waals surface area contributed by atoms with Crippen LogP contribution in [-0.2, 0) is 10.2 Å². The minimum atomic E-state index is -0.244. The van der Waals surface area contributed by atoms with Crippen LogP contribution in [0.1, 0.15) is 54.0 Å². The Morgan fingerprint density at radius 3 is 1.91 bits per heavy atom. The monoisotopic (exact) mass is 460 g/mol. The van der Waals surface area contributed by atoms with Crippen LogP contribution in [0.4, 0.5) is 11.4 Å². The lowest BCUT2D eigenvalue weighted by Gasteiger charge is -2.19. The maximum Gasteiger partial charge on any atom is 0.255 e. The smallest absolute Gasteiger partial charge is 0.255 e. The third kappa shape index (κ3) is 7.18. The summed E-state index contributed by atoms with van der Waals surface area (Å²) in [5.74, 6) is 0.185. The summed E-state index contributed by atoms with van der Waals surface area (Å²) in [6.07, 6.45) is 0. The fourth-order valence-electron chi connectivity index (χ4n) is 3.25. The number of hydrogen-bond acceptors (Lipinski definition) is 4. The molecule has 0 aromatic heterocycles. The minimum Gasteiger partial charge on any atom is -0.491 e. The van der Waals surface area contributed by atoms with Gasteiger partial charge < -0.3 is 20.1 Å². The van der Waals surface area contributed by atoms with E-state index in [0.29, 0.717) is 48.1 Å². The van der Waals surface area contributed by atoms with Crippen LogP contribution in [0.15, 0.2) is 72.8 Å². The molecule has 0 aliphatic rings. The highest BCUT2D eigenvalue weighted by Gasteiger charge is 2.14. The second kappa shape index (κ2) is 11.5. The molecule has 0 fully saturated rings. The molecule has 2 N–H and O–H groups in total. The average molecular weight is 461 g/mol. The van der Waals surface area contributed by atoms with Crippen molar-refractivity contribution < 1.29 is 19.1 Å². The number of rotatable bonds is 9. The van der Waals surface area contributed by atoms with Gasteiger partial charge in [-0.25, -0.2) is 0 Å². The molecule has 0 bridgehead atoms. The standard InChI is InChI=1S/C28H32N2O4/c1-5-33-17-18-34-25-8-6-7-21(19-25)27(32)30-24-15-13-23(14-16-24)29-26(31)20-9-11-22(12-10-20)28(2,3)4/h6-16,19H,5,17-18H2,1-4H3,(H,29,31)(H,30,32). The highest BCUT2D eigenvalue weighted by atomic mass is 16.5. The summed E-state index contributed by atoms with van der Waals surface area (Å²) in [6, 6.07) is 21.6. The molecule has 0 aliphatic carbocycles. The van der Waals surface area contributed by atoms with Crippen molar-refractivity contribution in [1.29, 1.82) is 0 Å². The molecule has 0 radical (unpaired) electrons. The highest BCUT2D eigenvalue weighted by Crippen LogP contribution is 2.23. The number of amides is 2. The first-order valence-corrected chi connectivity index (χ1v) is 11.4. The molecule has 6 heteroatoms. The van der Waals surface area contributed by atoms with E-state index in [2.05, 4.69) is 31.4 Å². The molecule has 0 saturated heterocycles. The molecule has 34 heavy (non-hydrogen) atoms. The Kier molecular flexibility index (Phi) is 8.44. The van der Waals surface area contributed by atoms with Crippen molar-refractivity contribution in [2.75, 3.05) is 30.5 Å². The van der Waals surface area contributed by atoms with Gasteiger partial charge in [-0.2, -0.15) is 0 Å². The molecule has 0 unspecified atom stereocenters. The van der Waals surface area contributed by atoms with Gasteiger partial charge in [-0.15, -0.1) is 0 Å². The summed E-state index contributed by atoms with van der Waals surface area (Å²) in [6.45, 7) is 9.89. The number of ether oxygens (including phenoxy) is 2. The second-order valence-electron chi connectivity index (χ2n) is 8.89. The van der Waals surface area contributed by atoms with Crippen molar-refractivity contribution >= 4 is 23.2 Å². The quantitative estimate of drug-likeness (QED) is 0.390. The number of anilines is 2. The van der Waals surface area contributed by atoms with Gasteiger partial charge in [0.15, 0.2) is 0 Å². The number of benzene rings is 3. The van der Waals surface area contributed by atoms with Crippen molar-refractivity contribution in [3.63, 3.8) is 0 Å². The van der Waals surface area contributed by atoms with Gasteiger partial charge in [0.05, 0.1) is 6.61 Å². The lowest BCUT2D eigenvalue weighted by Crippen LogP contribution is -2.14. The highest BCUT2D eigenvalue weighted by molar-refractivity contribution is 6.05. The van der Waals surface area contributed by atoms with Crippen LogP contribution in [0, 0.1) is 0 Å². The largest absolute Gasteiger partial charge is 0.491 e. The fourth-order valence-corrected chi connectivity index (χ4v) is 3.25. The van der Waals surface area contributed by atoms with Gasteiger partial charge in [-0.3, -0.25) is 9.59 Å². The molecule has 2 amide bonds. The van der Waals surface area contributed by atoms with Crippen LogP contribution in [-0.4, -0.2) is 31.6 Å². The van der Waals surface area contributed by atoms with E-state index >= 15 is 0 Å². The van der Waals surface area contributed by atoms with Crippen molar-refractivity contribution in [3.8, 4) is 5.75 Å². The van der Waals surface area contributed by atoms with Crippen LogP contribution in [0.5, 0.6) is 5.75 Å². The molecule has 0 atom stereocenters. The predicted octanol–water partition coefficient (Wildman–Crippen LogP) is 5.90. The van der Waals surface area contributed by atoms with E-state index in [4.69, 9.17) is 9.47 Å². The van der Waals surface area contributed by atoms with Crippen molar-refractivity contribution in [3.05, 3.63) is 89.5 Å². The lowest BCUT2D eigenvalue weighted by molar-refractivity contribution is 0.101. The van der Waals surface area contributed by atoms with Crippen LogP contribution in [0.25, 0.3) is 0 Å². The SMILES string of the molecule is CCOCCOc1cccc(C(=O)Nc2ccc(NC(=O)c3ccc(C(C)(C)C)cc3)cc2)c1. The number of hydrogen-bond donors (Lipinski definition) is 2. The summed E-state index contributed by atoms with van der Waals surface area (Å²) in [4.78, 5) is 25.2. The Bertz CT molecular complexity index is 1100. The van der Waals surface area contributed by atoms with Crippen LogP contribution < -0.4 is 15.4 Å². The van der Waals surface area contributed by atoms with E-state index in [1.165, 1.54) is 5.56 Å². The topological polar surface area (TPSA) is 76.7 Å². The van der Waals surface area contributed by atoms with Gasteiger partial charge in [-0.05, 0) is 72.5 Å². The molecule has 3 rings (SSSR count). The van der Waals surface area contributed by atoms with E-state index in [-0.39, 0.29) is 17.2 Å². The van der Waals surface area contributed by atoms with Crippen molar-refractivity contribution in [1.82, 2.24) is 0 Å². The summed E-state index contributed by atoms with van der Waals surface area (Å²) in [7, 11) is 0. The summed E-state index contributed by atoms with van der Waals surface area (Å²) in [5, 5.41) is 5.75. The lowest BCUT2D eigenvalue weighted by atomic mass is 9.87. The number of nitrogens with one attached hydrogen (secondary N) is 2. The van der Waals surface area contributed by atoms with Crippen LogP contribution in [0.2, 0.25) is 0 Å². The van der Waals surface area contributed by atoms with Crippen LogP contribution >= 0.6 is 0 Å². The summed E-state index contributed by atoms with van der Waals surface area (Å²) < 4.78 is 10.9. The molecule has 3 aromatic rings. The van der Waals surface area contributed by atoms with Crippen LogP contribution in [0.3, 0.4) is 0 Å². The molecular weight excluding hydrogens is 428 g/mol. The molecule has 0 aliphatic heterocycles. The first-order valence-electron chi connectivity index (χ1n) is 11.4. The Labute approximate surface area is 201 Å². The second-order valence-corrected chi connectivity index (χ2v) is 8.89. The van der Waals surface area contributed by atoms with Gasteiger partial charge in [0.25, 0.3) is 11.8 Å². The molecule has 6 nitrogen and oxygen atoms in total. The number of carbonyl (C=O) groups excluding carboxylic acids is 2. The zero-order chi connectivity index (χ0) is 24.6. The van der Waals surface area contributed by atoms with E-state index in [0.717, 1.165) is 0 Å². The van der Waals surface area contributed by atoms with Gasteiger partial charge in [0.1, 0.15) is 12.4 Å². The average Bonchev–Trinajstić information content (AvgIpc) is 2.83. The first kappa shape index (κ1) is 25.0. The van der Waals surface area contributed by atoms with Crippen molar-refractivity contribution in [2.45, 2.75) is 33.1 Å². The van der Waals surface area contributed by atoms with Gasteiger partial charge in [-0.1, -0.05) is 39.0 Å². The normalized spacial score (nSPS) is 11.1. The third-order valence-electron chi connectivity index (χ3n) is 5.21. The van der Waals surface area contributed by atoms with E-state index in [1.807, 2.05) is 31.2 Å². The van der Waals surface area contributed by atoms with E-state index < -0.39 is 0 Å². The zero-order valence-electron chi connectivity index (χ0n) is 20.2. The first-order chi connectivity index (χ1) is 16.3. The minimum absolute atomic E-state index is 0.0349. The Morgan fingerprint density at radius 1 is 0.765 bits per heavy atom. The molecule has 0 saturated carbocycles. The third-order valence-corrected chi connectivity index (χ3v) is 5.21. The Balaban J connectivity index is 1.56. The molecule has 3 aromatic carbocycles. The fraction of sp³-hybridized carbons (Fsp3) is 0.286. The van der Waals surface area contributed by atoms with Gasteiger partial charge in [0, 0.05) is 29.1 Å². The van der Waals surface area contributed by atoms with Crippen molar-refractivity contribution in [2.24, 2.45) is 0 Å². The predicted molar refractivity (Wildman–Crippen MR) is 136 cm³/mol.